The van der Waals surface area contributed by atoms with Crippen LogP contribution in [0.2, 0.25) is 0 Å². The second-order valence-electron chi connectivity index (χ2n) is 5.79. The van der Waals surface area contributed by atoms with Gasteiger partial charge in [-0.1, -0.05) is 23.8 Å². The predicted molar refractivity (Wildman–Crippen MR) is 98.5 cm³/mol. The smallest absolute Gasteiger partial charge is 0.282 e. The Hall–Kier alpha value is -2.93. The van der Waals surface area contributed by atoms with Crippen LogP contribution in [-0.2, 0) is 6.42 Å². The first-order valence-corrected chi connectivity index (χ1v) is 8.87. The van der Waals surface area contributed by atoms with E-state index in [1.165, 1.54) is 11.8 Å². The van der Waals surface area contributed by atoms with Crippen molar-refractivity contribution in [1.82, 2.24) is 20.2 Å². The molecular formula is C19H16N4O2S. The molecule has 0 spiro atoms. The van der Waals surface area contributed by atoms with E-state index in [0.717, 1.165) is 32.8 Å². The van der Waals surface area contributed by atoms with E-state index >= 15 is 0 Å². The first-order chi connectivity index (χ1) is 12.7. The molecule has 130 valence electrons. The van der Waals surface area contributed by atoms with E-state index in [1.54, 1.807) is 13.4 Å². The van der Waals surface area contributed by atoms with Gasteiger partial charge in [-0.3, -0.25) is 0 Å². The summed E-state index contributed by atoms with van der Waals surface area (Å²) in [6.07, 6.45) is 2.12. The van der Waals surface area contributed by atoms with Crippen molar-refractivity contribution in [2.75, 3.05) is 7.11 Å². The summed E-state index contributed by atoms with van der Waals surface area (Å²) in [6.45, 7) is 2.04. The summed E-state index contributed by atoms with van der Waals surface area (Å²) in [5.74, 6) is 1.38. The first kappa shape index (κ1) is 16.5. The monoisotopic (exact) mass is 364 g/mol. The zero-order valence-corrected chi connectivity index (χ0v) is 15.2. The molecule has 7 heteroatoms. The Balaban J connectivity index is 1.54. The summed E-state index contributed by atoms with van der Waals surface area (Å²) in [6, 6.07) is 13.9. The standard InChI is InChI=1S/C19H16N4O2S/c1-12-3-8-16-15(9-12)18(21-11-20-16)26-19-23-22-17(25-19)10-13-4-6-14(24-2)7-5-13/h3-9,11H,10H2,1-2H3. The average molecular weight is 364 g/mol. The van der Waals surface area contributed by atoms with E-state index in [1.807, 2.05) is 43.3 Å². The normalized spacial score (nSPS) is 11.0. The molecular weight excluding hydrogens is 348 g/mol. The Labute approximate surface area is 154 Å². The largest absolute Gasteiger partial charge is 0.497 e. The van der Waals surface area contributed by atoms with Crippen LogP contribution < -0.4 is 4.74 Å². The first-order valence-electron chi connectivity index (χ1n) is 8.06. The van der Waals surface area contributed by atoms with Crippen molar-refractivity contribution < 1.29 is 9.15 Å². The molecule has 0 N–H and O–H groups in total. The Bertz CT molecular complexity index is 1050. The van der Waals surface area contributed by atoms with Crippen molar-refractivity contribution in [1.29, 1.82) is 0 Å². The highest BCUT2D eigenvalue weighted by atomic mass is 32.2. The third-order valence-electron chi connectivity index (χ3n) is 3.90. The van der Waals surface area contributed by atoms with Gasteiger partial charge in [0.2, 0.25) is 5.89 Å². The predicted octanol–water partition coefficient (Wildman–Crippen LogP) is 4.07. The maximum absolute atomic E-state index is 5.78. The van der Waals surface area contributed by atoms with Gasteiger partial charge in [0.05, 0.1) is 19.0 Å². The highest BCUT2D eigenvalue weighted by molar-refractivity contribution is 7.99. The average Bonchev–Trinajstić information content (AvgIpc) is 3.10. The number of methoxy groups -OCH3 is 1. The van der Waals surface area contributed by atoms with Crippen molar-refractivity contribution in [2.24, 2.45) is 0 Å². The molecule has 6 nitrogen and oxygen atoms in total. The molecule has 0 unspecified atom stereocenters. The van der Waals surface area contributed by atoms with E-state index in [-0.39, 0.29) is 0 Å². The molecule has 0 atom stereocenters. The van der Waals surface area contributed by atoms with Crippen LogP contribution in [0.15, 0.2) is 63.5 Å². The number of ether oxygens (including phenoxy) is 1. The van der Waals surface area contributed by atoms with Gasteiger partial charge in [0, 0.05) is 5.39 Å². The summed E-state index contributed by atoms with van der Waals surface area (Å²) < 4.78 is 10.9. The van der Waals surface area contributed by atoms with Crippen LogP contribution in [0, 0.1) is 6.92 Å². The summed E-state index contributed by atoms with van der Waals surface area (Å²) in [5, 5.41) is 10.5. The van der Waals surface area contributed by atoms with Gasteiger partial charge in [-0.25, -0.2) is 9.97 Å². The summed E-state index contributed by atoms with van der Waals surface area (Å²) in [4.78, 5) is 8.66. The zero-order chi connectivity index (χ0) is 17.9. The second-order valence-corrected chi connectivity index (χ2v) is 6.73. The molecule has 0 amide bonds. The number of benzene rings is 2. The Morgan fingerprint density at radius 2 is 1.88 bits per heavy atom. The topological polar surface area (TPSA) is 73.9 Å². The minimum absolute atomic E-state index is 0.468. The lowest BCUT2D eigenvalue weighted by Crippen LogP contribution is -1.89. The van der Waals surface area contributed by atoms with Gasteiger partial charge in [0.25, 0.3) is 5.22 Å². The fourth-order valence-corrected chi connectivity index (χ4v) is 3.34. The SMILES string of the molecule is COc1ccc(Cc2nnc(Sc3ncnc4ccc(C)cc34)o2)cc1. The number of nitrogens with zero attached hydrogens (tertiary/aromatic N) is 4. The third-order valence-corrected chi connectivity index (χ3v) is 4.76. The van der Waals surface area contributed by atoms with Gasteiger partial charge in [-0.15, -0.1) is 10.2 Å². The highest BCUT2D eigenvalue weighted by Gasteiger charge is 2.12. The number of rotatable bonds is 5. The minimum atomic E-state index is 0.468. The maximum atomic E-state index is 5.78. The molecule has 0 fully saturated rings. The molecule has 4 rings (SSSR count). The van der Waals surface area contributed by atoms with Gasteiger partial charge in [0.15, 0.2) is 0 Å². The molecule has 0 aliphatic heterocycles. The number of aromatic nitrogens is 4. The van der Waals surface area contributed by atoms with Crippen LogP contribution in [0.1, 0.15) is 17.0 Å². The van der Waals surface area contributed by atoms with E-state index in [4.69, 9.17) is 9.15 Å². The summed E-state index contributed by atoms with van der Waals surface area (Å²) in [5.41, 5.74) is 3.13. The maximum Gasteiger partial charge on any atom is 0.282 e. The van der Waals surface area contributed by atoms with Crippen molar-refractivity contribution in [3.63, 3.8) is 0 Å². The van der Waals surface area contributed by atoms with Crippen LogP contribution in [0.4, 0.5) is 0 Å². The minimum Gasteiger partial charge on any atom is -0.497 e. The van der Waals surface area contributed by atoms with Gasteiger partial charge in [0.1, 0.15) is 17.1 Å². The van der Waals surface area contributed by atoms with Crippen LogP contribution in [0.3, 0.4) is 0 Å². The van der Waals surface area contributed by atoms with Crippen LogP contribution in [0.5, 0.6) is 5.75 Å². The third kappa shape index (κ3) is 3.52. The fraction of sp³-hybridized carbons (Fsp3) is 0.158. The summed E-state index contributed by atoms with van der Waals surface area (Å²) >= 11 is 1.35. The Morgan fingerprint density at radius 1 is 1.04 bits per heavy atom. The van der Waals surface area contributed by atoms with Crippen LogP contribution in [-0.4, -0.2) is 27.3 Å². The van der Waals surface area contributed by atoms with E-state index in [9.17, 15) is 0 Å². The van der Waals surface area contributed by atoms with E-state index < -0.39 is 0 Å². The quantitative estimate of drug-likeness (QED) is 0.494. The molecule has 0 aliphatic carbocycles. The number of hydrogen-bond acceptors (Lipinski definition) is 7. The van der Waals surface area contributed by atoms with Gasteiger partial charge < -0.3 is 9.15 Å². The molecule has 0 radical (unpaired) electrons. The Morgan fingerprint density at radius 3 is 2.69 bits per heavy atom. The molecule has 26 heavy (non-hydrogen) atoms. The molecule has 0 bridgehead atoms. The fourth-order valence-electron chi connectivity index (χ4n) is 2.58. The van der Waals surface area contributed by atoms with Crippen molar-refractivity contribution in [3.8, 4) is 5.75 Å². The van der Waals surface area contributed by atoms with Gasteiger partial charge in [-0.2, -0.15) is 0 Å². The van der Waals surface area contributed by atoms with Crippen molar-refractivity contribution in [2.45, 2.75) is 23.6 Å². The molecule has 0 saturated heterocycles. The molecule has 2 aromatic heterocycles. The van der Waals surface area contributed by atoms with E-state index in [2.05, 4.69) is 26.2 Å². The molecule has 2 heterocycles. The lowest BCUT2D eigenvalue weighted by atomic mass is 10.1. The number of fused-ring (bicyclic) bond motifs is 1. The van der Waals surface area contributed by atoms with Crippen LogP contribution in [0.25, 0.3) is 10.9 Å². The molecule has 0 aliphatic rings. The molecule has 2 aromatic carbocycles. The second kappa shape index (κ2) is 7.13. The van der Waals surface area contributed by atoms with Crippen molar-refractivity contribution >= 4 is 22.7 Å². The molecule has 0 saturated carbocycles. The lowest BCUT2D eigenvalue weighted by molar-refractivity contribution is 0.413. The lowest BCUT2D eigenvalue weighted by Gasteiger charge is -2.03. The van der Waals surface area contributed by atoms with Gasteiger partial charge >= 0.3 is 0 Å². The number of hydrogen-bond donors (Lipinski definition) is 0. The van der Waals surface area contributed by atoms with Crippen molar-refractivity contribution in [3.05, 3.63) is 65.8 Å². The highest BCUT2D eigenvalue weighted by Crippen LogP contribution is 2.30. The molecule has 4 aromatic rings. The van der Waals surface area contributed by atoms with Gasteiger partial charge in [-0.05, 0) is 48.5 Å². The van der Waals surface area contributed by atoms with Crippen LogP contribution >= 0.6 is 11.8 Å². The summed E-state index contributed by atoms with van der Waals surface area (Å²) in [7, 11) is 1.65. The van der Waals surface area contributed by atoms with E-state index in [0.29, 0.717) is 17.5 Å². The number of aryl methyl sites for hydroxylation is 1. The zero-order valence-electron chi connectivity index (χ0n) is 14.3. The Kier molecular flexibility index (Phi) is 4.53.